The second-order valence-electron chi connectivity index (χ2n) is 6.45. The molecule has 1 saturated heterocycles. The van der Waals surface area contributed by atoms with E-state index in [1.54, 1.807) is 25.3 Å². The summed E-state index contributed by atoms with van der Waals surface area (Å²) in [5.41, 5.74) is 1.33. The van der Waals surface area contributed by atoms with Gasteiger partial charge < -0.3 is 24.1 Å². The van der Waals surface area contributed by atoms with E-state index in [0.717, 1.165) is 18.8 Å². The standard InChI is InChI=1S/C21H20N2O5/c1-26-17-6-7-19-14(12-17)13-18(21(25)28-19)20(24)22-15-2-4-16(5-3-15)23-8-10-27-11-9-23/h2-7,12-13H,8-11H2,1H3,(H,22,24). The van der Waals surface area contributed by atoms with Crippen LogP contribution in [0.3, 0.4) is 0 Å². The topological polar surface area (TPSA) is 81.0 Å². The van der Waals surface area contributed by atoms with E-state index in [0.29, 0.717) is 35.6 Å². The van der Waals surface area contributed by atoms with Crippen LogP contribution in [0, 0.1) is 0 Å². The van der Waals surface area contributed by atoms with Crippen LogP contribution in [-0.2, 0) is 4.74 Å². The van der Waals surface area contributed by atoms with Gasteiger partial charge in [0.2, 0.25) is 0 Å². The van der Waals surface area contributed by atoms with Crippen molar-refractivity contribution in [1.82, 2.24) is 0 Å². The van der Waals surface area contributed by atoms with Crippen LogP contribution in [0.5, 0.6) is 5.75 Å². The molecule has 7 heteroatoms. The number of fused-ring (bicyclic) bond motifs is 1. The minimum absolute atomic E-state index is 0.0574. The van der Waals surface area contributed by atoms with Crippen molar-refractivity contribution in [3.63, 3.8) is 0 Å². The fraction of sp³-hybridized carbons (Fsp3) is 0.238. The first-order valence-corrected chi connectivity index (χ1v) is 9.00. The van der Waals surface area contributed by atoms with Crippen molar-refractivity contribution in [2.75, 3.05) is 43.6 Å². The molecule has 0 spiro atoms. The number of morpholine rings is 1. The molecule has 1 fully saturated rings. The summed E-state index contributed by atoms with van der Waals surface area (Å²) >= 11 is 0. The molecule has 2 heterocycles. The summed E-state index contributed by atoms with van der Waals surface area (Å²) in [6, 6.07) is 14.1. The van der Waals surface area contributed by atoms with Crippen LogP contribution in [0.15, 0.2) is 57.7 Å². The number of amides is 1. The predicted octanol–water partition coefficient (Wildman–Crippen LogP) is 2.89. The average molecular weight is 380 g/mol. The van der Waals surface area contributed by atoms with E-state index >= 15 is 0 Å². The highest BCUT2D eigenvalue weighted by atomic mass is 16.5. The van der Waals surface area contributed by atoms with Crippen molar-refractivity contribution in [3.8, 4) is 5.75 Å². The zero-order valence-electron chi connectivity index (χ0n) is 15.4. The third kappa shape index (κ3) is 3.70. The Morgan fingerprint density at radius 3 is 2.54 bits per heavy atom. The Labute approximate surface area is 161 Å². The van der Waals surface area contributed by atoms with Gasteiger partial charge in [-0.05, 0) is 48.5 Å². The van der Waals surface area contributed by atoms with E-state index < -0.39 is 11.5 Å². The molecule has 0 radical (unpaired) electrons. The Morgan fingerprint density at radius 2 is 1.82 bits per heavy atom. The molecule has 0 aliphatic carbocycles. The van der Waals surface area contributed by atoms with Gasteiger partial charge in [-0.2, -0.15) is 0 Å². The summed E-state index contributed by atoms with van der Waals surface area (Å²) in [7, 11) is 1.55. The number of anilines is 2. The molecule has 1 aliphatic rings. The predicted molar refractivity (Wildman–Crippen MR) is 106 cm³/mol. The second-order valence-corrected chi connectivity index (χ2v) is 6.45. The van der Waals surface area contributed by atoms with Gasteiger partial charge in [0.1, 0.15) is 16.9 Å². The molecule has 1 amide bonds. The molecule has 0 unspecified atom stereocenters. The van der Waals surface area contributed by atoms with Crippen LogP contribution in [0.1, 0.15) is 10.4 Å². The monoisotopic (exact) mass is 380 g/mol. The summed E-state index contributed by atoms with van der Waals surface area (Å²) in [5.74, 6) is 0.101. The summed E-state index contributed by atoms with van der Waals surface area (Å²) in [6.07, 6.45) is 0. The first-order valence-electron chi connectivity index (χ1n) is 9.00. The fourth-order valence-corrected chi connectivity index (χ4v) is 3.16. The number of nitrogens with one attached hydrogen (secondary N) is 1. The van der Waals surface area contributed by atoms with E-state index in [9.17, 15) is 9.59 Å². The molecule has 0 saturated carbocycles. The number of rotatable bonds is 4. The number of hydrogen-bond acceptors (Lipinski definition) is 6. The van der Waals surface area contributed by atoms with Crippen molar-refractivity contribution in [3.05, 3.63) is 64.5 Å². The van der Waals surface area contributed by atoms with Crippen molar-refractivity contribution in [2.24, 2.45) is 0 Å². The number of carbonyl (C=O) groups excluding carboxylic acids is 1. The first-order chi connectivity index (χ1) is 13.6. The summed E-state index contributed by atoms with van der Waals surface area (Å²) in [4.78, 5) is 27.0. The lowest BCUT2D eigenvalue weighted by molar-refractivity contribution is 0.102. The van der Waals surface area contributed by atoms with Crippen molar-refractivity contribution in [2.45, 2.75) is 0 Å². The Kier molecular flexibility index (Phi) is 4.99. The number of benzene rings is 2. The molecule has 4 rings (SSSR count). The van der Waals surface area contributed by atoms with Crippen LogP contribution in [0.2, 0.25) is 0 Å². The maximum atomic E-state index is 12.6. The molecule has 7 nitrogen and oxygen atoms in total. The Balaban J connectivity index is 1.54. The van der Waals surface area contributed by atoms with Crippen molar-refractivity contribution >= 4 is 28.3 Å². The number of carbonyl (C=O) groups is 1. The van der Waals surface area contributed by atoms with Gasteiger partial charge in [-0.3, -0.25) is 4.79 Å². The zero-order valence-corrected chi connectivity index (χ0v) is 15.4. The quantitative estimate of drug-likeness (QED) is 0.701. The summed E-state index contributed by atoms with van der Waals surface area (Å²) < 4.78 is 15.8. The van der Waals surface area contributed by atoms with Crippen LogP contribution < -0.4 is 20.6 Å². The van der Waals surface area contributed by atoms with Gasteiger partial charge in [0.25, 0.3) is 5.91 Å². The second kappa shape index (κ2) is 7.74. The number of methoxy groups -OCH3 is 1. The Bertz CT molecular complexity index is 1050. The molecule has 3 aromatic rings. The Hall–Kier alpha value is -3.32. The fourth-order valence-electron chi connectivity index (χ4n) is 3.16. The molecule has 1 aliphatic heterocycles. The molecular weight excluding hydrogens is 360 g/mol. The largest absolute Gasteiger partial charge is 0.497 e. The zero-order chi connectivity index (χ0) is 19.5. The van der Waals surface area contributed by atoms with E-state index in [1.807, 2.05) is 24.3 Å². The molecule has 1 N–H and O–H groups in total. The van der Waals surface area contributed by atoms with Crippen molar-refractivity contribution < 1.29 is 18.7 Å². The highest BCUT2D eigenvalue weighted by molar-refractivity contribution is 6.05. The number of hydrogen-bond donors (Lipinski definition) is 1. The highest BCUT2D eigenvalue weighted by Gasteiger charge is 2.15. The van der Waals surface area contributed by atoms with Crippen LogP contribution in [-0.4, -0.2) is 39.3 Å². The highest BCUT2D eigenvalue weighted by Crippen LogP contribution is 2.22. The van der Waals surface area contributed by atoms with Gasteiger partial charge >= 0.3 is 5.63 Å². The molecule has 28 heavy (non-hydrogen) atoms. The Morgan fingerprint density at radius 1 is 1.07 bits per heavy atom. The third-order valence-corrected chi connectivity index (χ3v) is 4.69. The molecule has 0 atom stereocenters. The SMILES string of the molecule is COc1ccc2oc(=O)c(C(=O)Nc3ccc(N4CCOCC4)cc3)cc2c1. The average Bonchev–Trinajstić information content (AvgIpc) is 2.74. The molecule has 2 aromatic carbocycles. The van der Waals surface area contributed by atoms with Gasteiger partial charge in [-0.1, -0.05) is 0 Å². The van der Waals surface area contributed by atoms with Gasteiger partial charge in [0, 0.05) is 29.9 Å². The van der Waals surface area contributed by atoms with E-state index in [1.165, 1.54) is 6.07 Å². The van der Waals surface area contributed by atoms with E-state index in [4.69, 9.17) is 13.9 Å². The van der Waals surface area contributed by atoms with Crippen LogP contribution in [0.25, 0.3) is 11.0 Å². The van der Waals surface area contributed by atoms with E-state index in [2.05, 4.69) is 10.2 Å². The minimum atomic E-state index is -0.680. The molecule has 1 aromatic heterocycles. The molecular formula is C21H20N2O5. The van der Waals surface area contributed by atoms with Gasteiger partial charge in [-0.15, -0.1) is 0 Å². The van der Waals surface area contributed by atoms with Gasteiger partial charge in [-0.25, -0.2) is 4.79 Å². The van der Waals surface area contributed by atoms with Gasteiger partial charge in [0.15, 0.2) is 0 Å². The minimum Gasteiger partial charge on any atom is -0.497 e. The normalized spacial score (nSPS) is 14.1. The lowest BCUT2D eigenvalue weighted by Crippen LogP contribution is -2.36. The smallest absolute Gasteiger partial charge is 0.349 e. The first kappa shape index (κ1) is 18.1. The van der Waals surface area contributed by atoms with E-state index in [-0.39, 0.29) is 5.56 Å². The summed E-state index contributed by atoms with van der Waals surface area (Å²) in [6.45, 7) is 3.10. The maximum absolute atomic E-state index is 12.6. The summed E-state index contributed by atoms with van der Waals surface area (Å²) in [5, 5.41) is 3.37. The lowest BCUT2D eigenvalue weighted by Gasteiger charge is -2.28. The van der Waals surface area contributed by atoms with Gasteiger partial charge in [0.05, 0.1) is 20.3 Å². The molecule has 144 valence electrons. The third-order valence-electron chi connectivity index (χ3n) is 4.69. The van der Waals surface area contributed by atoms with Crippen LogP contribution in [0.4, 0.5) is 11.4 Å². The van der Waals surface area contributed by atoms with Crippen molar-refractivity contribution in [1.29, 1.82) is 0 Å². The van der Waals surface area contributed by atoms with Crippen LogP contribution >= 0.6 is 0 Å². The maximum Gasteiger partial charge on any atom is 0.349 e. The number of ether oxygens (including phenoxy) is 2. The molecule has 0 bridgehead atoms. The number of nitrogens with zero attached hydrogens (tertiary/aromatic N) is 1. The lowest BCUT2D eigenvalue weighted by atomic mass is 10.1.